The van der Waals surface area contributed by atoms with Crippen LogP contribution in [0.5, 0.6) is 0 Å². The van der Waals surface area contributed by atoms with E-state index < -0.39 is 5.60 Å². The van der Waals surface area contributed by atoms with Crippen molar-refractivity contribution in [1.29, 1.82) is 0 Å². The Morgan fingerprint density at radius 1 is 1.26 bits per heavy atom. The predicted molar refractivity (Wildman–Crippen MR) is 87.4 cm³/mol. The lowest BCUT2D eigenvalue weighted by atomic mass is 10.1. The molecule has 1 saturated heterocycles. The second-order valence-electron chi connectivity index (χ2n) is 6.83. The summed E-state index contributed by atoms with van der Waals surface area (Å²) in [5.74, 6) is -0.229. The Morgan fingerprint density at radius 3 is 2.70 bits per heavy atom. The van der Waals surface area contributed by atoms with Crippen molar-refractivity contribution in [3.05, 3.63) is 35.9 Å². The van der Waals surface area contributed by atoms with Gasteiger partial charge < -0.3 is 4.74 Å². The number of rotatable bonds is 7. The fourth-order valence-electron chi connectivity index (χ4n) is 2.41. The lowest BCUT2D eigenvalue weighted by Gasteiger charge is -2.25. The highest BCUT2D eigenvalue weighted by atomic mass is 17.3. The van der Waals surface area contributed by atoms with Gasteiger partial charge in [0.05, 0.1) is 12.2 Å². The van der Waals surface area contributed by atoms with Crippen LogP contribution in [0.3, 0.4) is 0 Å². The molecule has 1 aromatic carbocycles. The average molecular weight is 321 g/mol. The number of ether oxygens (including phenoxy) is 1. The van der Waals surface area contributed by atoms with Gasteiger partial charge in [0.15, 0.2) is 0 Å². The first-order valence-electron chi connectivity index (χ1n) is 8.29. The van der Waals surface area contributed by atoms with Gasteiger partial charge in [-0.1, -0.05) is 30.3 Å². The fourth-order valence-corrected chi connectivity index (χ4v) is 2.41. The van der Waals surface area contributed by atoms with E-state index in [1.165, 1.54) is 5.56 Å². The van der Waals surface area contributed by atoms with Crippen molar-refractivity contribution < 1.29 is 19.4 Å². The molecule has 1 heterocycles. The zero-order valence-corrected chi connectivity index (χ0v) is 14.3. The van der Waals surface area contributed by atoms with Crippen LogP contribution in [0.2, 0.25) is 0 Å². The van der Waals surface area contributed by atoms with Crippen LogP contribution in [0, 0.1) is 0 Å². The van der Waals surface area contributed by atoms with Gasteiger partial charge in [0.2, 0.25) is 0 Å². The maximum Gasteiger partial charge on any atom is 0.325 e. The molecule has 23 heavy (non-hydrogen) atoms. The SMILES string of the molecule is CC(C)(C)OON1CCC[C@H]1C(=O)OCCCc1ccccc1. The van der Waals surface area contributed by atoms with E-state index in [0.29, 0.717) is 13.2 Å². The molecule has 0 N–H and O–H groups in total. The van der Waals surface area contributed by atoms with Crippen molar-refractivity contribution in [3.8, 4) is 0 Å². The number of nitrogens with zero attached hydrogens (tertiary/aromatic N) is 1. The van der Waals surface area contributed by atoms with Crippen LogP contribution < -0.4 is 0 Å². The Morgan fingerprint density at radius 2 is 2.00 bits per heavy atom. The van der Waals surface area contributed by atoms with Crippen LogP contribution in [-0.2, 0) is 25.8 Å². The third-order valence-corrected chi connectivity index (χ3v) is 3.56. The normalized spacial score (nSPS) is 19.0. The van der Waals surface area contributed by atoms with Crippen molar-refractivity contribution in [2.24, 2.45) is 0 Å². The van der Waals surface area contributed by atoms with Gasteiger partial charge in [-0.25, -0.2) is 4.89 Å². The van der Waals surface area contributed by atoms with Gasteiger partial charge >= 0.3 is 5.97 Å². The minimum absolute atomic E-state index is 0.229. The smallest absolute Gasteiger partial charge is 0.325 e. The maximum atomic E-state index is 12.2. The molecule has 1 fully saturated rings. The summed E-state index contributed by atoms with van der Waals surface area (Å²) in [6.45, 7) is 6.82. The molecule has 0 unspecified atom stereocenters. The largest absolute Gasteiger partial charge is 0.464 e. The van der Waals surface area contributed by atoms with Gasteiger partial charge in [0.25, 0.3) is 0 Å². The third kappa shape index (κ3) is 6.29. The van der Waals surface area contributed by atoms with Crippen molar-refractivity contribution >= 4 is 5.97 Å². The van der Waals surface area contributed by atoms with Crippen molar-refractivity contribution in [2.75, 3.05) is 13.2 Å². The van der Waals surface area contributed by atoms with Crippen molar-refractivity contribution in [1.82, 2.24) is 5.06 Å². The highest BCUT2D eigenvalue weighted by Gasteiger charge is 2.34. The fraction of sp³-hybridized carbons (Fsp3) is 0.611. The summed E-state index contributed by atoms with van der Waals surface area (Å²) in [6.07, 6.45) is 3.37. The summed E-state index contributed by atoms with van der Waals surface area (Å²) in [5, 5.41) is 1.59. The summed E-state index contributed by atoms with van der Waals surface area (Å²) in [7, 11) is 0. The summed E-state index contributed by atoms with van der Waals surface area (Å²) >= 11 is 0. The summed E-state index contributed by atoms with van der Waals surface area (Å²) in [6, 6.07) is 9.83. The molecular formula is C18H27NO4. The Bertz CT molecular complexity index is 484. The minimum atomic E-state index is -0.410. The molecule has 0 saturated carbocycles. The van der Waals surface area contributed by atoms with Gasteiger partial charge in [-0.3, -0.25) is 4.79 Å². The molecule has 0 bridgehead atoms. The minimum Gasteiger partial charge on any atom is -0.464 e. The summed E-state index contributed by atoms with van der Waals surface area (Å²) < 4.78 is 5.39. The molecule has 2 rings (SSSR count). The van der Waals surface area contributed by atoms with Crippen LogP contribution in [0.25, 0.3) is 0 Å². The Hall–Kier alpha value is -1.43. The monoisotopic (exact) mass is 321 g/mol. The Balaban J connectivity index is 1.69. The number of carbonyl (C=O) groups is 1. The molecule has 0 spiro atoms. The molecular weight excluding hydrogens is 294 g/mol. The second-order valence-corrected chi connectivity index (χ2v) is 6.83. The highest BCUT2D eigenvalue weighted by Crippen LogP contribution is 2.21. The first-order valence-corrected chi connectivity index (χ1v) is 8.29. The number of hydrogen-bond acceptors (Lipinski definition) is 5. The second kappa shape index (κ2) is 8.43. The molecule has 5 nitrogen and oxygen atoms in total. The van der Waals surface area contributed by atoms with Crippen molar-refractivity contribution in [2.45, 2.75) is 58.1 Å². The number of esters is 1. The first-order chi connectivity index (χ1) is 11.0. The lowest BCUT2D eigenvalue weighted by molar-refractivity contribution is -0.462. The molecule has 0 aromatic heterocycles. The van der Waals surface area contributed by atoms with E-state index in [9.17, 15) is 4.79 Å². The van der Waals surface area contributed by atoms with Gasteiger partial charge in [-0.05, 0) is 52.0 Å². The molecule has 1 aliphatic heterocycles. The van der Waals surface area contributed by atoms with Crippen LogP contribution in [0.15, 0.2) is 30.3 Å². The zero-order chi connectivity index (χ0) is 16.7. The van der Waals surface area contributed by atoms with E-state index in [1.807, 2.05) is 39.0 Å². The molecule has 0 aliphatic carbocycles. The zero-order valence-electron chi connectivity index (χ0n) is 14.3. The molecule has 5 heteroatoms. The van der Waals surface area contributed by atoms with Gasteiger partial charge in [-0.15, -0.1) is 10.1 Å². The van der Waals surface area contributed by atoms with Crippen LogP contribution in [0.4, 0.5) is 0 Å². The van der Waals surface area contributed by atoms with Crippen molar-refractivity contribution in [3.63, 3.8) is 0 Å². The van der Waals surface area contributed by atoms with Gasteiger partial charge in [0, 0.05) is 6.54 Å². The maximum absolute atomic E-state index is 12.2. The van der Waals surface area contributed by atoms with E-state index in [0.717, 1.165) is 25.7 Å². The molecule has 0 radical (unpaired) electrons. The van der Waals surface area contributed by atoms with Crippen LogP contribution in [0.1, 0.15) is 45.6 Å². The van der Waals surface area contributed by atoms with E-state index >= 15 is 0 Å². The Labute approximate surface area is 138 Å². The molecule has 128 valence electrons. The number of carbonyl (C=O) groups excluding carboxylic acids is 1. The van der Waals surface area contributed by atoms with E-state index in [4.69, 9.17) is 14.6 Å². The quantitative estimate of drug-likeness (QED) is 0.334. The lowest BCUT2D eigenvalue weighted by Crippen LogP contribution is -2.39. The average Bonchev–Trinajstić information content (AvgIpc) is 2.98. The first kappa shape index (κ1) is 17.9. The molecule has 1 aromatic rings. The van der Waals surface area contributed by atoms with Crippen LogP contribution >= 0.6 is 0 Å². The molecule has 1 atom stereocenters. The van der Waals surface area contributed by atoms with E-state index in [2.05, 4.69) is 12.1 Å². The molecule has 0 amide bonds. The molecule has 1 aliphatic rings. The number of hydroxylamine groups is 2. The van der Waals surface area contributed by atoms with Gasteiger partial charge in [0.1, 0.15) is 6.04 Å². The van der Waals surface area contributed by atoms with E-state index in [1.54, 1.807) is 5.06 Å². The van der Waals surface area contributed by atoms with E-state index in [-0.39, 0.29) is 12.0 Å². The topological polar surface area (TPSA) is 48.0 Å². The number of aryl methyl sites for hydroxylation is 1. The van der Waals surface area contributed by atoms with Crippen LogP contribution in [-0.4, -0.2) is 35.8 Å². The highest BCUT2D eigenvalue weighted by molar-refractivity contribution is 5.75. The number of hydrogen-bond donors (Lipinski definition) is 0. The number of benzene rings is 1. The Kier molecular flexibility index (Phi) is 6.57. The summed E-state index contributed by atoms with van der Waals surface area (Å²) in [5.41, 5.74) is 0.847. The predicted octanol–water partition coefficient (Wildman–Crippen LogP) is 3.29. The summed E-state index contributed by atoms with van der Waals surface area (Å²) in [4.78, 5) is 22.8. The third-order valence-electron chi connectivity index (χ3n) is 3.56. The standard InChI is InChI=1S/C18H27NO4/c1-18(2,3)22-23-19-13-7-12-16(19)17(20)21-14-8-11-15-9-5-4-6-10-15/h4-6,9-10,16H,7-8,11-14H2,1-3H3/t16-/m0/s1. The van der Waals surface area contributed by atoms with Gasteiger partial charge in [-0.2, -0.15) is 0 Å².